The summed E-state index contributed by atoms with van der Waals surface area (Å²) in [5.74, 6) is 0. The second kappa shape index (κ2) is 19.5. The number of hydrogen-bond donors (Lipinski definition) is 5. The third-order valence-electron chi connectivity index (χ3n) is 5.01. The summed E-state index contributed by atoms with van der Waals surface area (Å²) in [5.41, 5.74) is 0. The Morgan fingerprint density at radius 3 is 1.86 bits per heavy atom. The van der Waals surface area contributed by atoms with Crippen LogP contribution in [-0.2, 0) is 4.79 Å². The molecular formula is C22H43NO5. The summed E-state index contributed by atoms with van der Waals surface area (Å²) in [6.45, 7) is 2.12. The van der Waals surface area contributed by atoms with E-state index in [0.717, 1.165) is 25.7 Å². The highest BCUT2D eigenvalue weighted by Gasteiger charge is 2.30. The highest BCUT2D eigenvalue weighted by atomic mass is 16.4. The first-order valence-electron chi connectivity index (χ1n) is 11.1. The van der Waals surface area contributed by atoms with Crippen molar-refractivity contribution in [3.63, 3.8) is 0 Å². The van der Waals surface area contributed by atoms with E-state index < -0.39 is 31.0 Å². The molecule has 0 aromatic rings. The van der Waals surface area contributed by atoms with Gasteiger partial charge < -0.3 is 30.5 Å². The van der Waals surface area contributed by atoms with E-state index >= 15 is 0 Å². The Balaban J connectivity index is 3.57. The van der Waals surface area contributed by atoms with Gasteiger partial charge in [-0.1, -0.05) is 64.0 Å². The zero-order chi connectivity index (χ0) is 21.0. The molecule has 0 saturated carbocycles. The maximum absolute atomic E-state index is 11.1. The van der Waals surface area contributed by atoms with Crippen molar-refractivity contribution in [3.05, 3.63) is 12.2 Å². The summed E-state index contributed by atoms with van der Waals surface area (Å²) >= 11 is 0. The van der Waals surface area contributed by atoms with Crippen LogP contribution in [0.4, 0.5) is 0 Å². The van der Waals surface area contributed by atoms with E-state index in [2.05, 4.69) is 24.4 Å². The van der Waals surface area contributed by atoms with Gasteiger partial charge >= 0.3 is 0 Å². The Hall–Kier alpha value is -0.790. The molecule has 6 nitrogen and oxygen atoms in total. The van der Waals surface area contributed by atoms with E-state index in [9.17, 15) is 20.1 Å². The lowest BCUT2D eigenvalue weighted by Crippen LogP contribution is -2.52. The van der Waals surface area contributed by atoms with Gasteiger partial charge in [0.1, 0.15) is 24.6 Å². The van der Waals surface area contributed by atoms with E-state index in [1.165, 1.54) is 51.4 Å². The van der Waals surface area contributed by atoms with Crippen LogP contribution in [0.15, 0.2) is 12.2 Å². The molecule has 0 fully saturated rings. The second-order valence-corrected chi connectivity index (χ2v) is 7.58. The Labute approximate surface area is 171 Å². The van der Waals surface area contributed by atoms with E-state index in [4.69, 9.17) is 5.11 Å². The average Bonchev–Trinajstić information content (AvgIpc) is 2.72. The SMILES string of the molecule is CCCCCC/C=C\CCCCCCCCN[C@@H](C=O)[C@@H](O)[C@H](O)[C@H](O)CO. The molecule has 4 atom stereocenters. The number of aliphatic hydroxyl groups is 4. The molecule has 0 bridgehead atoms. The van der Waals surface area contributed by atoms with Crippen molar-refractivity contribution in [2.24, 2.45) is 0 Å². The molecule has 0 aromatic heterocycles. The van der Waals surface area contributed by atoms with Gasteiger partial charge in [-0.2, -0.15) is 0 Å². The molecule has 0 rings (SSSR count). The smallest absolute Gasteiger partial charge is 0.139 e. The Kier molecular flexibility index (Phi) is 19.0. The lowest BCUT2D eigenvalue weighted by molar-refractivity contribution is -0.120. The molecule has 166 valence electrons. The zero-order valence-corrected chi connectivity index (χ0v) is 17.6. The fourth-order valence-corrected chi connectivity index (χ4v) is 3.09. The number of aldehydes is 1. The van der Waals surface area contributed by atoms with E-state index in [1.807, 2.05) is 0 Å². The number of allylic oxidation sites excluding steroid dienone is 2. The summed E-state index contributed by atoms with van der Waals surface area (Å²) in [5, 5.41) is 40.5. The molecule has 0 aliphatic carbocycles. The molecule has 0 spiro atoms. The standard InChI is InChI=1S/C22H43NO5/c1-2-3-4-5-6-7-8-9-10-11-12-13-14-15-16-23-19(17-24)21(27)22(28)20(26)18-25/h7-8,17,19-23,25-28H,2-6,9-16,18H2,1H3/b8-7-/t19-,20+,21+,22+/m0/s1. The molecule has 0 unspecified atom stereocenters. The van der Waals surface area contributed by atoms with E-state index in [1.54, 1.807) is 0 Å². The number of carbonyl (C=O) groups excluding carboxylic acids is 1. The highest BCUT2D eigenvalue weighted by Crippen LogP contribution is 2.09. The lowest BCUT2D eigenvalue weighted by Gasteiger charge is -2.26. The van der Waals surface area contributed by atoms with Crippen molar-refractivity contribution >= 4 is 6.29 Å². The van der Waals surface area contributed by atoms with Gasteiger partial charge in [0.05, 0.1) is 12.6 Å². The Bertz CT molecular complexity index is 378. The van der Waals surface area contributed by atoms with Crippen LogP contribution >= 0.6 is 0 Å². The molecule has 0 amide bonds. The maximum Gasteiger partial charge on any atom is 0.139 e. The fourth-order valence-electron chi connectivity index (χ4n) is 3.09. The van der Waals surface area contributed by atoms with Gasteiger partial charge in [-0.05, 0) is 38.6 Å². The third-order valence-corrected chi connectivity index (χ3v) is 5.01. The van der Waals surface area contributed by atoms with Crippen molar-refractivity contribution in [1.82, 2.24) is 5.32 Å². The second-order valence-electron chi connectivity index (χ2n) is 7.58. The highest BCUT2D eigenvalue weighted by molar-refractivity contribution is 5.58. The van der Waals surface area contributed by atoms with Gasteiger partial charge in [0.15, 0.2) is 0 Å². The summed E-state index contributed by atoms with van der Waals surface area (Å²) in [6.07, 6.45) is 15.1. The lowest BCUT2D eigenvalue weighted by atomic mass is 10.0. The number of aliphatic hydroxyl groups excluding tert-OH is 4. The van der Waals surface area contributed by atoms with Crippen molar-refractivity contribution in [3.8, 4) is 0 Å². The summed E-state index contributed by atoms with van der Waals surface area (Å²) in [6, 6.07) is -0.954. The fraction of sp³-hybridized carbons (Fsp3) is 0.864. The van der Waals surface area contributed by atoms with Gasteiger partial charge in [0, 0.05) is 0 Å². The molecule has 0 aromatic carbocycles. The van der Waals surface area contributed by atoms with Crippen LogP contribution in [0.2, 0.25) is 0 Å². The van der Waals surface area contributed by atoms with Crippen molar-refractivity contribution in [2.75, 3.05) is 13.2 Å². The van der Waals surface area contributed by atoms with E-state index in [-0.39, 0.29) is 0 Å². The molecular weight excluding hydrogens is 358 g/mol. The van der Waals surface area contributed by atoms with Gasteiger partial charge in [0.2, 0.25) is 0 Å². The van der Waals surface area contributed by atoms with Crippen LogP contribution < -0.4 is 5.32 Å². The monoisotopic (exact) mass is 401 g/mol. The molecule has 0 aliphatic heterocycles. The van der Waals surface area contributed by atoms with Crippen molar-refractivity contribution < 1.29 is 25.2 Å². The first-order valence-corrected chi connectivity index (χ1v) is 11.1. The first-order chi connectivity index (χ1) is 13.6. The largest absolute Gasteiger partial charge is 0.394 e. The normalized spacial score (nSPS) is 16.2. The topological polar surface area (TPSA) is 110 Å². The third kappa shape index (κ3) is 14.2. The number of nitrogens with one attached hydrogen (secondary N) is 1. The minimum atomic E-state index is -1.56. The van der Waals surface area contributed by atoms with Gasteiger partial charge in [-0.3, -0.25) is 0 Å². The predicted octanol–water partition coefficient (Wildman–Crippen LogP) is 2.48. The average molecular weight is 402 g/mol. The summed E-state index contributed by atoms with van der Waals surface area (Å²) in [7, 11) is 0. The summed E-state index contributed by atoms with van der Waals surface area (Å²) < 4.78 is 0. The summed E-state index contributed by atoms with van der Waals surface area (Å²) in [4.78, 5) is 11.1. The number of hydrogen-bond acceptors (Lipinski definition) is 6. The molecule has 0 saturated heterocycles. The first kappa shape index (κ1) is 27.2. The van der Waals surface area contributed by atoms with Gasteiger partial charge in [-0.25, -0.2) is 0 Å². The minimum absolute atomic E-state index is 0.523. The molecule has 0 heterocycles. The molecule has 0 radical (unpaired) electrons. The number of rotatable bonds is 20. The molecule has 0 aliphatic rings. The van der Waals surface area contributed by atoms with Crippen molar-refractivity contribution in [2.45, 2.75) is 108 Å². The zero-order valence-electron chi connectivity index (χ0n) is 17.6. The van der Waals surface area contributed by atoms with Crippen LogP contribution in [-0.4, -0.2) is 64.2 Å². The van der Waals surface area contributed by atoms with Crippen LogP contribution in [0.3, 0.4) is 0 Å². The molecule has 5 N–H and O–H groups in total. The van der Waals surface area contributed by atoms with Crippen LogP contribution in [0, 0.1) is 0 Å². The number of unbranched alkanes of at least 4 members (excludes halogenated alkanes) is 10. The van der Waals surface area contributed by atoms with Crippen molar-refractivity contribution in [1.29, 1.82) is 0 Å². The number of carbonyl (C=O) groups is 1. The molecule has 6 heteroatoms. The van der Waals surface area contributed by atoms with E-state index in [0.29, 0.717) is 12.8 Å². The molecule has 28 heavy (non-hydrogen) atoms. The quantitative estimate of drug-likeness (QED) is 0.122. The Morgan fingerprint density at radius 2 is 1.32 bits per heavy atom. The van der Waals surface area contributed by atoms with Gasteiger partial charge in [-0.15, -0.1) is 0 Å². The maximum atomic E-state index is 11.1. The van der Waals surface area contributed by atoms with Gasteiger partial charge in [0.25, 0.3) is 0 Å². The van der Waals surface area contributed by atoms with Crippen LogP contribution in [0.5, 0.6) is 0 Å². The minimum Gasteiger partial charge on any atom is -0.394 e. The Morgan fingerprint density at radius 1 is 0.786 bits per heavy atom. The predicted molar refractivity (Wildman–Crippen MR) is 113 cm³/mol. The van der Waals surface area contributed by atoms with Crippen LogP contribution in [0.1, 0.15) is 84.0 Å². The van der Waals surface area contributed by atoms with Crippen LogP contribution in [0.25, 0.3) is 0 Å².